The minimum atomic E-state index is -3.68. The van der Waals surface area contributed by atoms with Crippen LogP contribution in [0.4, 0.5) is 0 Å². The summed E-state index contributed by atoms with van der Waals surface area (Å²) in [5.74, 6) is -0.888. The molecule has 0 saturated heterocycles. The smallest absolute Gasteiger partial charge is 0.240 e. The second-order valence-electron chi connectivity index (χ2n) is 4.19. The number of nitrogens with two attached hydrogens (primary N) is 1. The fourth-order valence-electron chi connectivity index (χ4n) is 1.42. The van der Waals surface area contributed by atoms with Crippen molar-refractivity contribution in [1.82, 2.24) is 15.4 Å². The minimum Gasteiger partial charge on any atom is -0.353 e. The first-order valence-electron chi connectivity index (χ1n) is 6.34. The summed E-state index contributed by atoms with van der Waals surface area (Å²) in [4.78, 5) is 22.2. The lowest BCUT2D eigenvalue weighted by molar-refractivity contribution is -0.125. The molecule has 8 nitrogen and oxygen atoms in total. The van der Waals surface area contributed by atoms with Crippen LogP contribution in [0.3, 0.4) is 0 Å². The molecule has 10 heteroatoms. The summed E-state index contributed by atoms with van der Waals surface area (Å²) in [6.07, 6.45) is 0. The van der Waals surface area contributed by atoms with E-state index < -0.39 is 21.8 Å². The fraction of sp³-hybridized carbons (Fsp3) is 0.333. The van der Waals surface area contributed by atoms with Crippen molar-refractivity contribution in [2.24, 2.45) is 5.73 Å². The Hall–Kier alpha value is -1.68. The maximum atomic E-state index is 11.9. The van der Waals surface area contributed by atoms with Gasteiger partial charge in [-0.15, -0.1) is 0 Å². The molecule has 1 aromatic rings. The lowest BCUT2D eigenvalue weighted by Crippen LogP contribution is -2.41. The molecule has 0 saturated carbocycles. The predicted molar refractivity (Wildman–Crippen MR) is 81.7 cm³/mol. The Balaban J connectivity index is 2.35. The number of carbonyl (C=O) groups excluding carboxylic acids is 2. The molecule has 0 aliphatic carbocycles. The van der Waals surface area contributed by atoms with E-state index in [1.54, 1.807) is 6.07 Å². The van der Waals surface area contributed by atoms with Crippen LogP contribution in [0.1, 0.15) is 0 Å². The van der Waals surface area contributed by atoms with Gasteiger partial charge in [-0.3, -0.25) is 9.59 Å². The number of amides is 2. The molecule has 0 aromatic heterocycles. The Morgan fingerprint density at radius 2 is 1.86 bits per heavy atom. The zero-order chi connectivity index (χ0) is 16.6. The molecule has 5 N–H and O–H groups in total. The van der Waals surface area contributed by atoms with Crippen molar-refractivity contribution in [3.05, 3.63) is 29.3 Å². The number of halogens is 1. The molecule has 0 aliphatic rings. The van der Waals surface area contributed by atoms with Crippen LogP contribution in [0.15, 0.2) is 29.2 Å². The van der Waals surface area contributed by atoms with Gasteiger partial charge >= 0.3 is 0 Å². The van der Waals surface area contributed by atoms with Gasteiger partial charge in [-0.2, -0.15) is 0 Å². The standard InChI is InChI=1S/C12H17ClN4O4S/c13-9-2-1-3-10(6-9)22(20,21)17-5-4-15-12(19)8-16-11(18)7-14/h1-3,6,17H,4-5,7-8,14H2,(H,15,19)(H,16,18). The van der Waals surface area contributed by atoms with Crippen molar-refractivity contribution < 1.29 is 18.0 Å². The van der Waals surface area contributed by atoms with Crippen LogP contribution in [0.5, 0.6) is 0 Å². The molecule has 1 aromatic carbocycles. The van der Waals surface area contributed by atoms with E-state index in [2.05, 4.69) is 15.4 Å². The van der Waals surface area contributed by atoms with E-state index in [0.29, 0.717) is 5.02 Å². The van der Waals surface area contributed by atoms with Crippen LogP contribution >= 0.6 is 11.6 Å². The van der Waals surface area contributed by atoms with Crippen molar-refractivity contribution in [2.75, 3.05) is 26.2 Å². The van der Waals surface area contributed by atoms with Crippen LogP contribution in [-0.4, -0.2) is 46.4 Å². The molecule has 0 heterocycles. The average molecular weight is 349 g/mol. The van der Waals surface area contributed by atoms with Gasteiger partial charge in [-0.1, -0.05) is 17.7 Å². The maximum Gasteiger partial charge on any atom is 0.240 e. The maximum absolute atomic E-state index is 11.9. The highest BCUT2D eigenvalue weighted by Crippen LogP contribution is 2.14. The quantitative estimate of drug-likeness (QED) is 0.439. The number of rotatable bonds is 8. The predicted octanol–water partition coefficient (Wildman–Crippen LogP) is -1.19. The van der Waals surface area contributed by atoms with Crippen LogP contribution in [0, 0.1) is 0 Å². The summed E-state index contributed by atoms with van der Waals surface area (Å²) in [6, 6.07) is 5.83. The molecular formula is C12H17ClN4O4S. The van der Waals surface area contributed by atoms with Gasteiger partial charge in [0.1, 0.15) is 0 Å². The largest absolute Gasteiger partial charge is 0.353 e. The highest BCUT2D eigenvalue weighted by Gasteiger charge is 2.13. The summed E-state index contributed by atoms with van der Waals surface area (Å²) >= 11 is 5.73. The van der Waals surface area contributed by atoms with Gasteiger partial charge in [0.05, 0.1) is 18.0 Å². The molecule has 0 radical (unpaired) electrons. The molecule has 0 fully saturated rings. The Labute approximate surface area is 133 Å². The highest BCUT2D eigenvalue weighted by molar-refractivity contribution is 7.89. The minimum absolute atomic E-state index is 0.00538. The molecule has 2 amide bonds. The number of sulfonamides is 1. The topological polar surface area (TPSA) is 130 Å². The van der Waals surface area contributed by atoms with E-state index in [0.717, 1.165) is 0 Å². The van der Waals surface area contributed by atoms with Crippen LogP contribution in [0.25, 0.3) is 0 Å². The van der Waals surface area contributed by atoms with Crippen molar-refractivity contribution in [3.8, 4) is 0 Å². The van der Waals surface area contributed by atoms with Gasteiger partial charge in [0.15, 0.2) is 0 Å². The van der Waals surface area contributed by atoms with E-state index in [1.807, 2.05) is 0 Å². The second-order valence-corrected chi connectivity index (χ2v) is 6.39. The zero-order valence-electron chi connectivity index (χ0n) is 11.6. The number of hydrogen-bond donors (Lipinski definition) is 4. The first-order valence-corrected chi connectivity index (χ1v) is 8.20. The Morgan fingerprint density at radius 1 is 1.14 bits per heavy atom. The summed E-state index contributed by atoms with van der Waals surface area (Å²) in [6.45, 7) is -0.327. The Morgan fingerprint density at radius 3 is 2.50 bits per heavy atom. The van der Waals surface area contributed by atoms with Gasteiger partial charge < -0.3 is 16.4 Å². The number of nitrogens with one attached hydrogen (secondary N) is 3. The zero-order valence-corrected chi connectivity index (χ0v) is 13.2. The number of benzene rings is 1. The third kappa shape index (κ3) is 6.39. The summed E-state index contributed by atoms with van der Waals surface area (Å²) in [5.41, 5.74) is 5.06. The third-order valence-corrected chi connectivity index (χ3v) is 4.17. The molecule has 0 bridgehead atoms. The molecule has 22 heavy (non-hydrogen) atoms. The molecule has 0 unspecified atom stereocenters. The van der Waals surface area contributed by atoms with Gasteiger partial charge in [-0.25, -0.2) is 13.1 Å². The lowest BCUT2D eigenvalue weighted by atomic mass is 10.4. The summed E-state index contributed by atoms with van der Waals surface area (Å²) < 4.78 is 26.2. The SMILES string of the molecule is NCC(=O)NCC(=O)NCCNS(=O)(=O)c1cccc(Cl)c1. The molecule has 0 atom stereocenters. The monoisotopic (exact) mass is 348 g/mol. The van der Waals surface area contributed by atoms with Crippen molar-refractivity contribution in [1.29, 1.82) is 0 Å². The van der Waals surface area contributed by atoms with E-state index in [9.17, 15) is 18.0 Å². The second kappa shape index (κ2) is 8.69. The molecule has 1 rings (SSSR count). The molecule has 0 spiro atoms. The Kier molecular flexibility index (Phi) is 7.25. The van der Waals surface area contributed by atoms with Gasteiger partial charge in [0.25, 0.3) is 0 Å². The molecule has 0 aliphatic heterocycles. The lowest BCUT2D eigenvalue weighted by Gasteiger charge is -2.08. The van der Waals surface area contributed by atoms with E-state index in [1.165, 1.54) is 18.2 Å². The van der Waals surface area contributed by atoms with Crippen molar-refractivity contribution in [2.45, 2.75) is 4.90 Å². The van der Waals surface area contributed by atoms with Crippen molar-refractivity contribution >= 4 is 33.4 Å². The van der Waals surface area contributed by atoms with Crippen LogP contribution in [-0.2, 0) is 19.6 Å². The normalized spacial score (nSPS) is 11.0. The molecule has 122 valence electrons. The third-order valence-electron chi connectivity index (χ3n) is 2.48. The average Bonchev–Trinajstić information content (AvgIpc) is 2.49. The number of carbonyl (C=O) groups is 2. The van der Waals surface area contributed by atoms with E-state index >= 15 is 0 Å². The highest BCUT2D eigenvalue weighted by atomic mass is 35.5. The van der Waals surface area contributed by atoms with Crippen LogP contribution < -0.4 is 21.1 Å². The number of hydrogen-bond acceptors (Lipinski definition) is 5. The first-order chi connectivity index (χ1) is 10.3. The van der Waals surface area contributed by atoms with Crippen LogP contribution in [0.2, 0.25) is 5.02 Å². The summed E-state index contributed by atoms with van der Waals surface area (Å²) in [7, 11) is -3.68. The van der Waals surface area contributed by atoms with Gasteiger partial charge in [0.2, 0.25) is 21.8 Å². The van der Waals surface area contributed by atoms with Gasteiger partial charge in [0, 0.05) is 18.1 Å². The fourth-order valence-corrected chi connectivity index (χ4v) is 2.75. The first kappa shape index (κ1) is 18.4. The van der Waals surface area contributed by atoms with Crippen molar-refractivity contribution in [3.63, 3.8) is 0 Å². The Bertz CT molecular complexity index is 636. The molecular weight excluding hydrogens is 332 g/mol. The van der Waals surface area contributed by atoms with Gasteiger partial charge in [-0.05, 0) is 18.2 Å². The summed E-state index contributed by atoms with van der Waals surface area (Å²) in [5, 5.41) is 5.05. The van der Waals surface area contributed by atoms with E-state index in [-0.39, 0.29) is 31.1 Å². The van der Waals surface area contributed by atoms with E-state index in [4.69, 9.17) is 17.3 Å².